The number of nitrogens with one attached hydrogen (secondary N) is 1. The number of aliphatic hydroxyl groups is 2. The Hall–Kier alpha value is -2.46. The molecule has 18 atom stereocenters. The molecule has 1 unspecified atom stereocenters. The van der Waals surface area contributed by atoms with Gasteiger partial charge in [0.25, 0.3) is 0 Å². The monoisotopic (exact) mass is 864 g/mol. The van der Waals surface area contributed by atoms with E-state index < -0.39 is 94.9 Å². The molecule has 348 valence electrons. The minimum atomic E-state index is -1.40. The number of carboxylic acids is 2. The molecule has 4 saturated heterocycles. The molecule has 0 aromatic rings. The Balaban J connectivity index is 1.39. The van der Waals surface area contributed by atoms with Gasteiger partial charge < -0.3 is 49.4 Å². The summed E-state index contributed by atoms with van der Waals surface area (Å²) < 4.78 is 34.3. The molecular formula is C47H77NO13. The maximum atomic E-state index is 14.6. The fraction of sp³-hybridized carbons (Fsp3) is 0.872. The van der Waals surface area contributed by atoms with Crippen molar-refractivity contribution >= 4 is 23.6 Å². The summed E-state index contributed by atoms with van der Waals surface area (Å²) in [5, 5.41) is 45.1. The van der Waals surface area contributed by atoms with Crippen molar-refractivity contribution in [1.29, 1.82) is 0 Å². The van der Waals surface area contributed by atoms with Crippen LogP contribution in [0.3, 0.4) is 0 Å². The molecule has 0 bridgehead atoms. The van der Waals surface area contributed by atoms with Crippen molar-refractivity contribution < 1.29 is 63.3 Å². The lowest BCUT2D eigenvalue weighted by molar-refractivity contribution is -0.398. The molecule has 0 saturated carbocycles. The van der Waals surface area contributed by atoms with Gasteiger partial charge >= 0.3 is 11.9 Å². The second-order valence-electron chi connectivity index (χ2n) is 19.8. The third kappa shape index (κ3) is 10.3. The molecule has 0 aromatic heterocycles. The zero-order valence-electron chi connectivity index (χ0n) is 38.4. The number of carboxylic acid groups (broad SMARTS) is 2. The zero-order chi connectivity index (χ0) is 45.2. The van der Waals surface area contributed by atoms with E-state index in [1.807, 2.05) is 60.6 Å². The molecule has 5 rings (SSSR count). The number of ether oxygens (including phenoxy) is 5. The Kier molecular flexibility index (Phi) is 16.0. The van der Waals surface area contributed by atoms with Crippen molar-refractivity contribution in [2.24, 2.45) is 41.4 Å². The SMILES string of the molecule is CCC(C(=O)[C@@H](C)[C@@H](O)[C@H](C)[C@@H]1O[C@@H]([C@@H](CC)C(=O)O)CC[C@@H]1C)[C@H]1O[C@]2(C=C[C@@H](NC(=O)CCCC(=O)O)[C@]3(CC[C@@](C)([C@H]4CC[C@](O)(CC)[C@H](C)O4)O3)O2)[C@H](C)C[C@@H]1C. The minimum absolute atomic E-state index is 0.0113. The van der Waals surface area contributed by atoms with Crippen LogP contribution in [-0.4, -0.2) is 109 Å². The molecule has 14 nitrogen and oxygen atoms in total. The highest BCUT2D eigenvalue weighted by atomic mass is 16.8. The lowest BCUT2D eigenvalue weighted by Crippen LogP contribution is -2.65. The van der Waals surface area contributed by atoms with Gasteiger partial charge in [0.15, 0.2) is 11.6 Å². The number of carbonyl (C=O) groups is 4. The lowest BCUT2D eigenvalue weighted by atomic mass is 9.72. The molecule has 5 aliphatic heterocycles. The quantitative estimate of drug-likeness (QED) is 0.0983. The average molecular weight is 864 g/mol. The summed E-state index contributed by atoms with van der Waals surface area (Å²) in [6.07, 6.45) is 6.01. The average Bonchev–Trinajstić information content (AvgIpc) is 3.55. The van der Waals surface area contributed by atoms with E-state index in [1.165, 1.54) is 0 Å². The number of amides is 1. The summed E-state index contributed by atoms with van der Waals surface area (Å²) in [5.74, 6) is -7.63. The summed E-state index contributed by atoms with van der Waals surface area (Å²) in [4.78, 5) is 51.2. The molecule has 2 spiro atoms. The van der Waals surface area contributed by atoms with E-state index in [0.717, 1.165) is 6.42 Å². The van der Waals surface area contributed by atoms with Gasteiger partial charge in [0, 0.05) is 42.9 Å². The minimum Gasteiger partial charge on any atom is -0.481 e. The van der Waals surface area contributed by atoms with Crippen molar-refractivity contribution in [3.63, 3.8) is 0 Å². The Morgan fingerprint density at radius 1 is 0.852 bits per heavy atom. The van der Waals surface area contributed by atoms with Crippen LogP contribution in [0.15, 0.2) is 12.2 Å². The van der Waals surface area contributed by atoms with Gasteiger partial charge in [-0.3, -0.25) is 19.2 Å². The predicted molar refractivity (Wildman–Crippen MR) is 226 cm³/mol. The first kappa shape index (κ1) is 49.6. The van der Waals surface area contributed by atoms with Crippen molar-refractivity contribution in [2.45, 2.75) is 218 Å². The van der Waals surface area contributed by atoms with Gasteiger partial charge in [-0.05, 0) is 96.0 Å². The van der Waals surface area contributed by atoms with E-state index in [9.17, 15) is 39.6 Å². The van der Waals surface area contributed by atoms with Crippen LogP contribution in [0.1, 0.15) is 153 Å². The summed E-state index contributed by atoms with van der Waals surface area (Å²) in [5.41, 5.74) is -1.79. The van der Waals surface area contributed by atoms with Gasteiger partial charge in [-0.1, -0.05) is 61.5 Å². The second kappa shape index (κ2) is 19.7. The number of Topliss-reactive ketones (excluding diaryl/α,β-unsaturated/α-hetero) is 1. The molecule has 5 N–H and O–H groups in total. The maximum Gasteiger partial charge on any atom is 0.309 e. The molecule has 0 radical (unpaired) electrons. The van der Waals surface area contributed by atoms with E-state index in [0.29, 0.717) is 57.8 Å². The highest BCUT2D eigenvalue weighted by Gasteiger charge is 2.63. The number of aliphatic carboxylic acids is 2. The van der Waals surface area contributed by atoms with Crippen molar-refractivity contribution in [2.75, 3.05) is 0 Å². The van der Waals surface area contributed by atoms with Crippen LogP contribution in [0.2, 0.25) is 0 Å². The van der Waals surface area contributed by atoms with E-state index in [2.05, 4.69) is 19.2 Å². The van der Waals surface area contributed by atoms with Gasteiger partial charge in [0.1, 0.15) is 11.8 Å². The highest BCUT2D eigenvalue weighted by Crippen LogP contribution is 2.54. The van der Waals surface area contributed by atoms with Crippen LogP contribution in [0, 0.1) is 41.4 Å². The van der Waals surface area contributed by atoms with E-state index >= 15 is 0 Å². The molecule has 0 aliphatic carbocycles. The van der Waals surface area contributed by atoms with Crippen molar-refractivity contribution in [3.8, 4) is 0 Å². The standard InChI is InChI=1S/C47H77NO13/c1-11-32(43(54)55)34-18-17-26(4)41(58-34)30(8)39(52)29(7)40(53)33(12-2)42-27(5)25-28(6)46(59-42)22-19-35(48-37(49)15-14-16-38(50)51)47(61-46)24-23-44(10,60-47)36-20-21-45(56,13-3)31(9)57-36/h19,22,26-36,39,41-42,52,56H,11-18,20-21,23-25H2,1-10H3,(H,48,49)(H,50,51)(H,54,55)/t26-,27-,28+,29-,30-,31-,32+,33?,34+,35+,36+,39+,41+,42-,44-,45+,46-,47-/m0/s1. The predicted octanol–water partition coefficient (Wildman–Crippen LogP) is 6.57. The second-order valence-corrected chi connectivity index (χ2v) is 19.8. The Bertz CT molecular complexity index is 1590. The molecule has 4 fully saturated rings. The van der Waals surface area contributed by atoms with Crippen LogP contribution in [-0.2, 0) is 42.9 Å². The normalized spacial score (nSPS) is 41.5. The molecule has 61 heavy (non-hydrogen) atoms. The van der Waals surface area contributed by atoms with Gasteiger partial charge in [0.2, 0.25) is 5.91 Å². The van der Waals surface area contributed by atoms with E-state index in [-0.39, 0.29) is 54.8 Å². The number of ketones is 1. The first-order chi connectivity index (χ1) is 28.6. The summed E-state index contributed by atoms with van der Waals surface area (Å²) >= 11 is 0. The number of carbonyl (C=O) groups excluding carboxylic acids is 2. The van der Waals surface area contributed by atoms with Crippen LogP contribution in [0.4, 0.5) is 0 Å². The molecule has 5 heterocycles. The van der Waals surface area contributed by atoms with Crippen LogP contribution < -0.4 is 5.32 Å². The first-order valence-electron chi connectivity index (χ1n) is 23.4. The first-order valence-corrected chi connectivity index (χ1v) is 23.4. The summed E-state index contributed by atoms with van der Waals surface area (Å²) in [6, 6.07) is -0.744. The summed E-state index contributed by atoms with van der Waals surface area (Å²) in [7, 11) is 0. The smallest absolute Gasteiger partial charge is 0.309 e. The largest absolute Gasteiger partial charge is 0.481 e. The lowest BCUT2D eigenvalue weighted by Gasteiger charge is -2.55. The van der Waals surface area contributed by atoms with Crippen LogP contribution in [0.25, 0.3) is 0 Å². The van der Waals surface area contributed by atoms with Crippen molar-refractivity contribution in [1.82, 2.24) is 5.32 Å². The molecular weight excluding hydrogens is 787 g/mol. The Morgan fingerprint density at radius 3 is 2.15 bits per heavy atom. The number of hydrogen-bond donors (Lipinski definition) is 5. The highest BCUT2D eigenvalue weighted by molar-refractivity contribution is 5.84. The fourth-order valence-electron chi connectivity index (χ4n) is 11.3. The van der Waals surface area contributed by atoms with Crippen molar-refractivity contribution in [3.05, 3.63) is 12.2 Å². The third-order valence-corrected chi connectivity index (χ3v) is 15.6. The third-order valence-electron chi connectivity index (χ3n) is 15.6. The van der Waals surface area contributed by atoms with Gasteiger partial charge in [0.05, 0.1) is 53.7 Å². The zero-order valence-corrected chi connectivity index (χ0v) is 38.4. The van der Waals surface area contributed by atoms with E-state index in [1.54, 1.807) is 6.92 Å². The van der Waals surface area contributed by atoms with Gasteiger partial charge in [-0.25, -0.2) is 0 Å². The Morgan fingerprint density at radius 2 is 1.54 bits per heavy atom. The van der Waals surface area contributed by atoms with Gasteiger partial charge in [-0.2, -0.15) is 0 Å². The number of hydrogen-bond acceptors (Lipinski definition) is 11. The van der Waals surface area contributed by atoms with Crippen LogP contribution in [0.5, 0.6) is 0 Å². The van der Waals surface area contributed by atoms with Gasteiger partial charge in [-0.15, -0.1) is 0 Å². The number of aliphatic hydroxyl groups excluding tert-OH is 1. The fourth-order valence-corrected chi connectivity index (χ4v) is 11.3. The van der Waals surface area contributed by atoms with Crippen LogP contribution >= 0.6 is 0 Å². The molecule has 0 aromatic carbocycles. The molecule has 14 heteroatoms. The molecule has 5 aliphatic rings. The Labute approximate surface area is 363 Å². The van der Waals surface area contributed by atoms with E-state index in [4.69, 9.17) is 23.7 Å². The maximum absolute atomic E-state index is 14.6. The topological polar surface area (TPSA) is 207 Å². The number of rotatable bonds is 17. The summed E-state index contributed by atoms with van der Waals surface area (Å²) in [6.45, 7) is 19.4. The molecule has 1 amide bonds.